The molecule has 0 saturated carbocycles. The number of carbonyl (C=O) groups excluding carboxylic acids is 1. The first kappa shape index (κ1) is 66.6. The van der Waals surface area contributed by atoms with Gasteiger partial charge in [-0.15, -0.1) is 0 Å². The lowest BCUT2D eigenvalue weighted by Crippen LogP contribution is -2.60. The Labute approximate surface area is 431 Å². The molecule has 414 valence electrons. The molecule has 1 aliphatic rings. The van der Waals surface area contributed by atoms with E-state index < -0.39 is 61.5 Å². The highest BCUT2D eigenvalue weighted by Crippen LogP contribution is 2.23. The van der Waals surface area contributed by atoms with E-state index in [1.165, 1.54) is 205 Å². The number of hydrogen-bond acceptors (Lipinski definition) is 9. The third kappa shape index (κ3) is 38.2. The van der Waals surface area contributed by atoms with Crippen LogP contribution >= 0.6 is 0 Å². The van der Waals surface area contributed by atoms with Crippen molar-refractivity contribution in [3.05, 3.63) is 24.3 Å². The van der Waals surface area contributed by atoms with E-state index >= 15 is 0 Å². The zero-order valence-electron chi connectivity index (χ0n) is 45.7. The fourth-order valence-electron chi connectivity index (χ4n) is 9.79. The van der Waals surface area contributed by atoms with Crippen molar-refractivity contribution in [2.45, 2.75) is 339 Å². The average Bonchev–Trinajstić information content (AvgIpc) is 3.36. The van der Waals surface area contributed by atoms with Gasteiger partial charge in [0.1, 0.15) is 30.5 Å². The summed E-state index contributed by atoms with van der Waals surface area (Å²) in [5, 5.41) is 65.2. The van der Waals surface area contributed by atoms with Crippen LogP contribution in [0.1, 0.15) is 290 Å². The highest BCUT2D eigenvalue weighted by molar-refractivity contribution is 5.80. The van der Waals surface area contributed by atoms with Gasteiger partial charge in [0.05, 0.1) is 25.4 Å². The Morgan fingerprint density at radius 3 is 1.23 bits per heavy atom. The van der Waals surface area contributed by atoms with Crippen molar-refractivity contribution >= 4 is 5.91 Å². The SMILES string of the molecule is CCCCCCCCCCC/C=C\C/C=C\CCCCCCCCCCCCCCCCC(O)C(=O)NC(COC1OC(CO)C(O)C(O)C1O)C(O)CCCCCCCCCCCCCCCCC. The molecule has 70 heavy (non-hydrogen) atoms. The molecule has 1 amide bonds. The van der Waals surface area contributed by atoms with Crippen LogP contribution in [-0.4, -0.2) is 98.7 Å². The van der Waals surface area contributed by atoms with Gasteiger partial charge in [0.15, 0.2) is 6.29 Å². The Morgan fingerprint density at radius 2 is 0.843 bits per heavy atom. The topological polar surface area (TPSA) is 169 Å². The minimum Gasteiger partial charge on any atom is -0.394 e. The molecule has 0 aromatic heterocycles. The van der Waals surface area contributed by atoms with Crippen LogP contribution in [0, 0.1) is 0 Å². The first-order valence-corrected chi connectivity index (χ1v) is 30.1. The minimum absolute atomic E-state index is 0.253. The standard InChI is InChI=1S/C60H115NO9/c1-3-5-7-9-11-13-15-17-19-20-21-22-23-24-25-26-27-28-29-30-31-32-33-35-37-39-41-43-45-47-49-54(64)59(68)61-52(51-69-60-58(67)57(66)56(65)55(50-62)70-60)53(63)48-46-44-42-40-38-36-34-18-16-14-12-10-8-6-4-2/h21-22,24-25,52-58,60,62-67H,3-20,23,26-51H2,1-2H3,(H,61,68)/b22-21-,25-24-. The summed E-state index contributed by atoms with van der Waals surface area (Å²) in [6, 6.07) is -0.893. The molecule has 0 spiro atoms. The number of rotatable bonds is 52. The number of allylic oxidation sites excluding steroid dienone is 4. The summed E-state index contributed by atoms with van der Waals surface area (Å²) in [6.07, 6.45) is 52.5. The fraction of sp³-hybridized carbons (Fsp3) is 0.917. The second-order valence-corrected chi connectivity index (χ2v) is 21.3. The molecule has 8 unspecified atom stereocenters. The van der Waals surface area contributed by atoms with Crippen LogP contribution in [0.2, 0.25) is 0 Å². The highest BCUT2D eigenvalue weighted by atomic mass is 16.7. The second kappa shape index (κ2) is 49.8. The van der Waals surface area contributed by atoms with Crippen LogP contribution in [0.5, 0.6) is 0 Å². The van der Waals surface area contributed by atoms with E-state index in [2.05, 4.69) is 43.5 Å². The molecule has 0 aromatic rings. The Balaban J connectivity index is 2.17. The number of nitrogens with one attached hydrogen (secondary N) is 1. The average molecular weight is 995 g/mol. The van der Waals surface area contributed by atoms with Crippen LogP contribution in [0.15, 0.2) is 24.3 Å². The van der Waals surface area contributed by atoms with Gasteiger partial charge in [-0.3, -0.25) is 4.79 Å². The number of unbranched alkanes of at least 4 members (excludes halogenated alkanes) is 37. The van der Waals surface area contributed by atoms with Crippen LogP contribution < -0.4 is 5.32 Å². The minimum atomic E-state index is -1.60. The maximum Gasteiger partial charge on any atom is 0.249 e. The largest absolute Gasteiger partial charge is 0.394 e. The Morgan fingerprint density at radius 1 is 0.486 bits per heavy atom. The molecule has 10 nitrogen and oxygen atoms in total. The predicted octanol–water partition coefficient (Wildman–Crippen LogP) is 13.9. The maximum absolute atomic E-state index is 13.2. The van der Waals surface area contributed by atoms with Gasteiger partial charge >= 0.3 is 0 Å². The van der Waals surface area contributed by atoms with Gasteiger partial charge in [-0.25, -0.2) is 0 Å². The van der Waals surface area contributed by atoms with Crippen LogP contribution in [0.3, 0.4) is 0 Å². The van der Waals surface area contributed by atoms with E-state index in [1.807, 2.05) is 0 Å². The van der Waals surface area contributed by atoms with E-state index in [4.69, 9.17) is 9.47 Å². The van der Waals surface area contributed by atoms with Gasteiger partial charge in [0.25, 0.3) is 0 Å². The number of ether oxygens (including phenoxy) is 2. The van der Waals surface area contributed by atoms with E-state index in [9.17, 15) is 35.4 Å². The second-order valence-electron chi connectivity index (χ2n) is 21.3. The normalized spacial score (nSPS) is 19.9. The molecule has 7 N–H and O–H groups in total. The van der Waals surface area contributed by atoms with Crippen molar-refractivity contribution in [2.24, 2.45) is 0 Å². The molecule has 0 bridgehead atoms. The quantitative estimate of drug-likeness (QED) is 0.0232. The molecule has 0 aromatic carbocycles. The number of amides is 1. The first-order valence-electron chi connectivity index (χ1n) is 30.1. The van der Waals surface area contributed by atoms with Gasteiger partial charge in [0.2, 0.25) is 5.91 Å². The van der Waals surface area contributed by atoms with Crippen molar-refractivity contribution in [1.82, 2.24) is 5.32 Å². The van der Waals surface area contributed by atoms with Crippen molar-refractivity contribution in [2.75, 3.05) is 13.2 Å². The number of aliphatic hydroxyl groups is 6. The van der Waals surface area contributed by atoms with Crippen molar-refractivity contribution in [1.29, 1.82) is 0 Å². The summed E-state index contributed by atoms with van der Waals surface area (Å²) in [6.45, 7) is 3.70. The molecular weight excluding hydrogens is 879 g/mol. The van der Waals surface area contributed by atoms with Gasteiger partial charge in [-0.05, 0) is 44.9 Å². The summed E-state index contributed by atoms with van der Waals surface area (Å²) >= 11 is 0. The molecule has 1 saturated heterocycles. The third-order valence-corrected chi connectivity index (χ3v) is 14.7. The predicted molar refractivity (Wildman–Crippen MR) is 292 cm³/mol. The first-order chi connectivity index (χ1) is 34.3. The van der Waals surface area contributed by atoms with E-state index in [-0.39, 0.29) is 6.61 Å². The van der Waals surface area contributed by atoms with Gasteiger partial charge in [-0.2, -0.15) is 0 Å². The van der Waals surface area contributed by atoms with Crippen LogP contribution in [-0.2, 0) is 14.3 Å². The summed E-state index contributed by atoms with van der Waals surface area (Å²) in [5.74, 6) is -0.580. The summed E-state index contributed by atoms with van der Waals surface area (Å²) in [4.78, 5) is 13.2. The molecule has 0 radical (unpaired) electrons. The monoisotopic (exact) mass is 994 g/mol. The molecule has 1 rings (SSSR count). The van der Waals surface area contributed by atoms with Crippen LogP contribution in [0.4, 0.5) is 0 Å². The van der Waals surface area contributed by atoms with Crippen molar-refractivity contribution in [3.63, 3.8) is 0 Å². The van der Waals surface area contributed by atoms with Gasteiger partial charge in [0, 0.05) is 0 Å². The Kier molecular flexibility index (Phi) is 47.4. The zero-order valence-corrected chi connectivity index (χ0v) is 45.7. The van der Waals surface area contributed by atoms with E-state index in [0.29, 0.717) is 12.8 Å². The van der Waals surface area contributed by atoms with E-state index in [1.54, 1.807) is 0 Å². The smallest absolute Gasteiger partial charge is 0.249 e. The van der Waals surface area contributed by atoms with Crippen LogP contribution in [0.25, 0.3) is 0 Å². The van der Waals surface area contributed by atoms with Crippen molar-refractivity contribution < 1.29 is 44.9 Å². The Bertz CT molecular complexity index is 1170. The fourth-order valence-corrected chi connectivity index (χ4v) is 9.79. The summed E-state index contributed by atoms with van der Waals surface area (Å²) < 4.78 is 11.2. The lowest BCUT2D eigenvalue weighted by molar-refractivity contribution is -0.302. The van der Waals surface area contributed by atoms with Gasteiger partial charge < -0.3 is 45.4 Å². The van der Waals surface area contributed by atoms with Gasteiger partial charge in [-0.1, -0.05) is 269 Å². The molecule has 1 fully saturated rings. The highest BCUT2D eigenvalue weighted by Gasteiger charge is 2.44. The molecule has 1 heterocycles. The van der Waals surface area contributed by atoms with E-state index in [0.717, 1.165) is 57.8 Å². The number of hydrogen-bond donors (Lipinski definition) is 7. The molecular formula is C60H115NO9. The summed E-state index contributed by atoms with van der Waals surface area (Å²) in [7, 11) is 0. The Hall–Kier alpha value is -1.37. The zero-order chi connectivity index (χ0) is 51.0. The van der Waals surface area contributed by atoms with Crippen molar-refractivity contribution in [3.8, 4) is 0 Å². The lowest BCUT2D eigenvalue weighted by atomic mass is 9.99. The molecule has 0 aliphatic carbocycles. The summed E-state index contributed by atoms with van der Waals surface area (Å²) in [5.41, 5.74) is 0. The maximum atomic E-state index is 13.2. The number of aliphatic hydroxyl groups excluding tert-OH is 6. The molecule has 10 heteroatoms. The molecule has 1 aliphatic heterocycles. The molecule has 8 atom stereocenters. The lowest BCUT2D eigenvalue weighted by Gasteiger charge is -2.40. The number of carbonyl (C=O) groups is 1. The third-order valence-electron chi connectivity index (χ3n) is 14.7.